The lowest BCUT2D eigenvalue weighted by Gasteiger charge is -2.37. The molecule has 1 rings (SSSR count). The molecule has 1 heterocycles. The van der Waals surface area contributed by atoms with Gasteiger partial charge in [0.25, 0.3) is 0 Å². The first-order chi connectivity index (χ1) is 7.63. The zero-order valence-electron chi connectivity index (χ0n) is 9.65. The molecule has 1 fully saturated rings. The minimum absolute atomic E-state index is 0.0590. The van der Waals surface area contributed by atoms with Gasteiger partial charge in [0, 0.05) is 31.2 Å². The maximum atomic E-state index is 9.42. The fourth-order valence-corrected chi connectivity index (χ4v) is 1.73. The second-order valence-electron chi connectivity index (χ2n) is 4.36. The maximum absolute atomic E-state index is 9.42. The minimum Gasteiger partial charge on any atom is -0.409 e. The topological polar surface area (TPSA) is 100 Å². The smallest absolute Gasteiger partial charge is 0.143 e. The van der Waals surface area contributed by atoms with E-state index in [2.05, 4.69) is 10.5 Å². The van der Waals surface area contributed by atoms with E-state index in [0.29, 0.717) is 19.8 Å². The van der Waals surface area contributed by atoms with Crippen molar-refractivity contribution in [3.63, 3.8) is 0 Å². The molecule has 0 bridgehead atoms. The summed E-state index contributed by atoms with van der Waals surface area (Å²) in [5.74, 6) is 0.143. The predicted octanol–water partition coefficient (Wildman–Crippen LogP) is -0.500. The number of aliphatic hydroxyl groups excluding tert-OH is 1. The Morgan fingerprint density at radius 1 is 1.56 bits per heavy atom. The number of oxime groups is 1. The number of hydrogen-bond acceptors (Lipinski definition) is 5. The second-order valence-corrected chi connectivity index (χ2v) is 4.36. The normalized spacial score (nSPS) is 23.0. The van der Waals surface area contributed by atoms with Gasteiger partial charge in [-0.05, 0) is 12.8 Å². The molecule has 0 aliphatic carbocycles. The third-order valence-electron chi connectivity index (χ3n) is 3.16. The first kappa shape index (κ1) is 13.2. The number of nitrogens with one attached hydrogen (secondary N) is 1. The SMILES string of the molecule is CC(CNC1(CO)CCOCC1)C(N)=NO. The van der Waals surface area contributed by atoms with Gasteiger partial charge < -0.3 is 26.1 Å². The minimum atomic E-state index is -0.276. The van der Waals surface area contributed by atoms with Crippen molar-refractivity contribution in [1.82, 2.24) is 5.32 Å². The van der Waals surface area contributed by atoms with Crippen molar-refractivity contribution in [2.75, 3.05) is 26.4 Å². The highest BCUT2D eigenvalue weighted by atomic mass is 16.5. The molecule has 6 heteroatoms. The highest BCUT2D eigenvalue weighted by Gasteiger charge is 2.31. The molecule has 0 radical (unpaired) electrons. The van der Waals surface area contributed by atoms with Crippen LogP contribution in [0, 0.1) is 5.92 Å². The molecule has 94 valence electrons. The molecule has 6 nitrogen and oxygen atoms in total. The lowest BCUT2D eigenvalue weighted by molar-refractivity contribution is 0.0114. The fourth-order valence-electron chi connectivity index (χ4n) is 1.73. The van der Waals surface area contributed by atoms with Gasteiger partial charge in [0.1, 0.15) is 5.84 Å². The molecule has 5 N–H and O–H groups in total. The van der Waals surface area contributed by atoms with Crippen molar-refractivity contribution >= 4 is 5.84 Å². The van der Waals surface area contributed by atoms with Crippen LogP contribution in [0.2, 0.25) is 0 Å². The van der Waals surface area contributed by atoms with Crippen molar-refractivity contribution in [2.45, 2.75) is 25.3 Å². The molecule has 1 aliphatic rings. The van der Waals surface area contributed by atoms with Crippen molar-refractivity contribution in [3.8, 4) is 0 Å². The monoisotopic (exact) mass is 231 g/mol. The summed E-state index contributed by atoms with van der Waals surface area (Å²) >= 11 is 0. The molecule has 1 saturated heterocycles. The quantitative estimate of drug-likeness (QED) is 0.221. The summed E-state index contributed by atoms with van der Waals surface area (Å²) in [6.45, 7) is 3.85. The van der Waals surface area contributed by atoms with E-state index < -0.39 is 0 Å². The molecule has 16 heavy (non-hydrogen) atoms. The van der Waals surface area contributed by atoms with Crippen LogP contribution in [0.5, 0.6) is 0 Å². The van der Waals surface area contributed by atoms with Crippen molar-refractivity contribution in [3.05, 3.63) is 0 Å². The highest BCUT2D eigenvalue weighted by molar-refractivity contribution is 5.82. The van der Waals surface area contributed by atoms with Crippen molar-refractivity contribution in [2.24, 2.45) is 16.8 Å². The summed E-state index contributed by atoms with van der Waals surface area (Å²) in [6.07, 6.45) is 1.57. The molecule has 0 saturated carbocycles. The van der Waals surface area contributed by atoms with Crippen LogP contribution in [0.3, 0.4) is 0 Å². The Kier molecular flexibility index (Phi) is 4.98. The largest absolute Gasteiger partial charge is 0.409 e. The lowest BCUT2D eigenvalue weighted by atomic mass is 9.90. The van der Waals surface area contributed by atoms with Crippen LogP contribution in [0.4, 0.5) is 0 Å². The van der Waals surface area contributed by atoms with Crippen LogP contribution in [0.1, 0.15) is 19.8 Å². The van der Waals surface area contributed by atoms with Crippen LogP contribution < -0.4 is 11.1 Å². The van der Waals surface area contributed by atoms with Gasteiger partial charge in [0.2, 0.25) is 0 Å². The van der Waals surface area contributed by atoms with E-state index in [0.717, 1.165) is 12.8 Å². The number of rotatable bonds is 5. The summed E-state index contributed by atoms with van der Waals surface area (Å²) < 4.78 is 5.26. The fraction of sp³-hybridized carbons (Fsp3) is 0.900. The van der Waals surface area contributed by atoms with E-state index in [1.54, 1.807) is 0 Å². The first-order valence-electron chi connectivity index (χ1n) is 5.54. The average Bonchev–Trinajstić information content (AvgIpc) is 2.36. The van der Waals surface area contributed by atoms with Gasteiger partial charge >= 0.3 is 0 Å². The van der Waals surface area contributed by atoms with Gasteiger partial charge in [0.05, 0.1) is 6.61 Å². The molecule has 1 atom stereocenters. The van der Waals surface area contributed by atoms with Crippen LogP contribution >= 0.6 is 0 Å². The summed E-state index contributed by atoms with van der Waals surface area (Å²) in [7, 11) is 0. The standard InChI is InChI=1S/C10H21N3O3/c1-8(9(11)13-15)6-12-10(7-14)2-4-16-5-3-10/h8,12,14-15H,2-7H2,1H3,(H2,11,13). The zero-order valence-corrected chi connectivity index (χ0v) is 9.65. The molecule has 0 aromatic carbocycles. The first-order valence-corrected chi connectivity index (χ1v) is 5.54. The molecule has 0 aromatic rings. The van der Waals surface area contributed by atoms with Gasteiger partial charge in [-0.25, -0.2) is 0 Å². The summed E-state index contributed by atoms with van der Waals surface area (Å²) in [5.41, 5.74) is 5.21. The Bertz CT molecular complexity index is 239. The number of amidine groups is 1. The van der Waals surface area contributed by atoms with Gasteiger partial charge in [-0.3, -0.25) is 0 Å². The third-order valence-corrected chi connectivity index (χ3v) is 3.16. The van der Waals surface area contributed by atoms with Gasteiger partial charge in [-0.2, -0.15) is 0 Å². The molecule has 0 spiro atoms. The Labute approximate surface area is 95.5 Å². The van der Waals surface area contributed by atoms with E-state index in [1.807, 2.05) is 6.92 Å². The summed E-state index contributed by atoms with van der Waals surface area (Å²) in [5, 5.41) is 24.2. The Balaban J connectivity index is 2.44. The number of aliphatic hydroxyl groups is 1. The zero-order chi connectivity index (χ0) is 12.0. The Hall–Kier alpha value is -0.850. The predicted molar refractivity (Wildman–Crippen MR) is 60.4 cm³/mol. The molecular formula is C10H21N3O3. The molecule has 0 aromatic heterocycles. The van der Waals surface area contributed by atoms with Crippen LogP contribution in [0.25, 0.3) is 0 Å². The Morgan fingerprint density at radius 2 is 2.19 bits per heavy atom. The van der Waals surface area contributed by atoms with Crippen LogP contribution in [0.15, 0.2) is 5.16 Å². The number of hydrogen-bond donors (Lipinski definition) is 4. The van der Waals surface area contributed by atoms with E-state index in [9.17, 15) is 5.11 Å². The van der Waals surface area contributed by atoms with E-state index in [1.165, 1.54) is 0 Å². The highest BCUT2D eigenvalue weighted by Crippen LogP contribution is 2.20. The second kappa shape index (κ2) is 6.03. The third kappa shape index (κ3) is 3.33. The van der Waals surface area contributed by atoms with E-state index >= 15 is 0 Å². The van der Waals surface area contributed by atoms with Gasteiger partial charge in [-0.15, -0.1) is 0 Å². The maximum Gasteiger partial charge on any atom is 0.143 e. The number of ether oxygens (including phenoxy) is 1. The Morgan fingerprint density at radius 3 is 2.69 bits per heavy atom. The molecule has 1 unspecified atom stereocenters. The number of nitrogens with two attached hydrogens (primary N) is 1. The molecule has 0 amide bonds. The van der Waals surface area contributed by atoms with Gasteiger partial charge in [-0.1, -0.05) is 12.1 Å². The van der Waals surface area contributed by atoms with E-state index in [4.69, 9.17) is 15.7 Å². The number of nitrogens with zero attached hydrogens (tertiary/aromatic N) is 1. The lowest BCUT2D eigenvalue weighted by Crippen LogP contribution is -2.54. The van der Waals surface area contributed by atoms with Gasteiger partial charge in [0.15, 0.2) is 0 Å². The molecular weight excluding hydrogens is 210 g/mol. The summed E-state index contributed by atoms with van der Waals surface area (Å²) in [4.78, 5) is 0. The molecule has 1 aliphatic heterocycles. The van der Waals surface area contributed by atoms with Crippen molar-refractivity contribution in [1.29, 1.82) is 0 Å². The average molecular weight is 231 g/mol. The van der Waals surface area contributed by atoms with Crippen molar-refractivity contribution < 1.29 is 15.1 Å². The summed E-state index contributed by atoms with van der Waals surface area (Å²) in [6, 6.07) is 0. The van der Waals surface area contributed by atoms with E-state index in [-0.39, 0.29) is 23.9 Å². The van der Waals surface area contributed by atoms with Crippen LogP contribution in [-0.2, 0) is 4.74 Å². The van der Waals surface area contributed by atoms with Crippen LogP contribution in [-0.4, -0.2) is 48.1 Å².